The second kappa shape index (κ2) is 8.14. The molecule has 5 rings (SSSR count). The molecule has 2 aromatic rings. The van der Waals surface area contributed by atoms with Gasteiger partial charge in [-0.3, -0.25) is 0 Å². The molecule has 0 amide bonds. The average Bonchev–Trinajstić information content (AvgIpc) is 3.19. The molecule has 1 saturated heterocycles. The number of fused-ring (bicyclic) bond motifs is 6. The molecule has 0 spiro atoms. The van der Waals surface area contributed by atoms with Crippen LogP contribution in [-0.4, -0.2) is 6.16 Å². The molecule has 0 radical (unpaired) electrons. The first-order valence-electron chi connectivity index (χ1n) is 9.68. The van der Waals surface area contributed by atoms with Crippen LogP contribution in [0.25, 0.3) is 12.2 Å². The van der Waals surface area contributed by atoms with Gasteiger partial charge in [-0.25, -0.2) is 0 Å². The van der Waals surface area contributed by atoms with Crippen LogP contribution in [0.5, 0.6) is 0 Å². The zero-order valence-electron chi connectivity index (χ0n) is 17.0. The Bertz CT molecular complexity index is 942. The number of hydrogen-bond acceptors (Lipinski definition) is 0. The maximum absolute atomic E-state index is 2.63. The van der Waals surface area contributed by atoms with E-state index in [9.17, 15) is 0 Å². The van der Waals surface area contributed by atoms with E-state index in [1.807, 2.05) is 10.6 Å². The monoisotopic (exact) mass is 594 g/mol. The minimum absolute atomic E-state index is 0. The van der Waals surface area contributed by atoms with Crippen LogP contribution in [0.3, 0.4) is 0 Å². The Balaban J connectivity index is 0.00000112. The zero-order chi connectivity index (χ0) is 18.2. The van der Waals surface area contributed by atoms with Gasteiger partial charge in [-0.05, 0) is 0 Å². The Morgan fingerprint density at radius 2 is 1.11 bits per heavy atom. The summed E-state index contributed by atoms with van der Waals surface area (Å²) in [7, 11) is -0.122. The number of halogens is 2. The van der Waals surface area contributed by atoms with Crippen molar-refractivity contribution in [2.75, 3.05) is 6.16 Å². The van der Waals surface area contributed by atoms with Gasteiger partial charge in [0.1, 0.15) is 0 Å². The van der Waals surface area contributed by atoms with Crippen LogP contribution >= 0.6 is 7.92 Å². The molecular weight excluding hydrogens is 569 g/mol. The number of allylic oxidation sites excluding steroid dienone is 2. The summed E-state index contributed by atoms with van der Waals surface area (Å²) in [6, 6.07) is 9.39. The minimum Gasteiger partial charge on any atom is -1.00 e. The van der Waals surface area contributed by atoms with Gasteiger partial charge in [0.05, 0.1) is 0 Å². The Hall–Kier alpha value is -0.200. The fourth-order valence-electron chi connectivity index (χ4n) is 5.10. The first kappa shape index (κ1) is 22.5. The summed E-state index contributed by atoms with van der Waals surface area (Å²) in [6.07, 6.45) is 6.57. The van der Waals surface area contributed by atoms with Gasteiger partial charge in [-0.15, -0.1) is 0 Å². The summed E-state index contributed by atoms with van der Waals surface area (Å²) >= 11 is -0.909. The Kier molecular flexibility index (Phi) is 6.54. The normalized spacial score (nSPS) is 22.8. The van der Waals surface area contributed by atoms with Crippen LogP contribution in [0.4, 0.5) is 0 Å². The van der Waals surface area contributed by atoms with Crippen molar-refractivity contribution >= 4 is 20.1 Å². The van der Waals surface area contributed by atoms with Crippen LogP contribution in [0.15, 0.2) is 34.9 Å². The number of rotatable bonds is 1. The quantitative estimate of drug-likeness (QED) is 0.342. The summed E-state index contributed by atoms with van der Waals surface area (Å²) in [4.78, 5) is 0. The van der Waals surface area contributed by atoms with Crippen LogP contribution < -0.4 is 24.8 Å². The van der Waals surface area contributed by atoms with E-state index in [0.29, 0.717) is 0 Å². The van der Waals surface area contributed by atoms with E-state index >= 15 is 0 Å². The minimum atomic E-state index is -0.909. The van der Waals surface area contributed by atoms with Gasteiger partial charge in [0, 0.05) is 0 Å². The first-order chi connectivity index (χ1) is 12.5. The molecule has 0 N–H and O–H groups in total. The maximum Gasteiger partial charge on any atom is -1.00 e. The molecule has 0 saturated carbocycles. The van der Waals surface area contributed by atoms with Crippen molar-refractivity contribution in [2.24, 2.45) is 0 Å². The van der Waals surface area contributed by atoms with Crippen molar-refractivity contribution in [1.82, 2.24) is 0 Å². The molecule has 1 heterocycles. The predicted molar refractivity (Wildman–Crippen MR) is 111 cm³/mol. The summed E-state index contributed by atoms with van der Waals surface area (Å²) < 4.78 is 1.67. The number of hydrogen-bond donors (Lipinski definition) is 0. The maximum atomic E-state index is 2.63. The third kappa shape index (κ3) is 3.08. The summed E-state index contributed by atoms with van der Waals surface area (Å²) in [5.41, 5.74) is 12.6. The molecule has 144 valence electrons. The third-order valence-corrected chi connectivity index (χ3v) is 17.6. The molecule has 3 aliphatic rings. The predicted octanol–water partition coefficient (Wildman–Crippen LogP) is 1.02. The smallest absolute Gasteiger partial charge is 1.00 e. The molecule has 0 aromatic heterocycles. The zero-order valence-corrected chi connectivity index (χ0v) is 23.0. The molecule has 2 atom stereocenters. The van der Waals surface area contributed by atoms with Gasteiger partial charge >= 0.3 is 171 Å². The van der Waals surface area contributed by atoms with Crippen LogP contribution in [-0.2, 0) is 22.9 Å². The van der Waals surface area contributed by atoms with Crippen molar-refractivity contribution in [3.63, 3.8) is 0 Å². The number of aryl methyl sites for hydroxylation is 4. The molecule has 28 heavy (non-hydrogen) atoms. The topological polar surface area (TPSA) is 0 Å². The fourth-order valence-corrected chi connectivity index (χ4v) is 19.1. The first-order valence-corrected chi connectivity index (χ1v) is 15.4. The standard InChI is InChI=1S/C24H25P.2ClH.Hf/c1-6-25(19-11-21-15(2)7-8-16(3)22(21)12-19)20-13-23-17(4)9-10-18(5)24(23)14-20;;;/h7-14H,6H2,1-5H3;2*1H;/q;;;+2/p-2. The van der Waals surface area contributed by atoms with Gasteiger partial charge in [-0.1, -0.05) is 0 Å². The summed E-state index contributed by atoms with van der Waals surface area (Å²) in [6.45, 7) is 11.7. The molecule has 2 aromatic carbocycles. The summed E-state index contributed by atoms with van der Waals surface area (Å²) in [5, 5.41) is 3.67. The van der Waals surface area contributed by atoms with E-state index in [1.165, 1.54) is 28.4 Å². The van der Waals surface area contributed by atoms with Gasteiger partial charge in [-0.2, -0.15) is 0 Å². The average molecular weight is 594 g/mol. The second-order valence-electron chi connectivity index (χ2n) is 7.97. The molecule has 2 unspecified atom stereocenters. The number of benzene rings is 2. The van der Waals surface area contributed by atoms with Crippen molar-refractivity contribution in [1.29, 1.82) is 0 Å². The van der Waals surface area contributed by atoms with Crippen LogP contribution in [0, 0.1) is 27.7 Å². The van der Waals surface area contributed by atoms with E-state index in [0.717, 1.165) is 7.35 Å². The van der Waals surface area contributed by atoms with E-state index < -0.39 is 22.9 Å². The van der Waals surface area contributed by atoms with E-state index in [-0.39, 0.29) is 32.7 Å². The van der Waals surface area contributed by atoms with Crippen molar-refractivity contribution in [2.45, 2.75) is 42.0 Å². The van der Waals surface area contributed by atoms with Gasteiger partial charge in [0.25, 0.3) is 0 Å². The molecular formula is C24H25Cl2HfP. The fraction of sp³-hybridized carbons (Fsp3) is 0.333. The van der Waals surface area contributed by atoms with Gasteiger partial charge in [0.2, 0.25) is 0 Å². The van der Waals surface area contributed by atoms with Gasteiger partial charge < -0.3 is 24.8 Å². The molecule has 4 heteroatoms. The Labute approximate surface area is 194 Å². The Morgan fingerprint density at radius 1 is 0.714 bits per heavy atom. The third-order valence-electron chi connectivity index (χ3n) is 6.47. The molecule has 0 bridgehead atoms. The molecule has 0 nitrogen and oxygen atoms in total. The van der Waals surface area contributed by atoms with Crippen molar-refractivity contribution in [3.8, 4) is 0 Å². The van der Waals surface area contributed by atoms with Crippen molar-refractivity contribution < 1.29 is 47.7 Å². The molecule has 2 aliphatic carbocycles. The Morgan fingerprint density at radius 3 is 1.50 bits per heavy atom. The van der Waals surface area contributed by atoms with Crippen molar-refractivity contribution in [3.05, 3.63) is 79.4 Å². The summed E-state index contributed by atoms with van der Waals surface area (Å²) in [5.74, 6) is 0. The SMILES string of the molecule is CCP1C2=Cc3c(C)ccc(C)c3[CH]2[Hf+2][CH]2C1=Cc1c(C)ccc(C)c12.[Cl-].[Cl-]. The van der Waals surface area contributed by atoms with E-state index in [4.69, 9.17) is 0 Å². The van der Waals surface area contributed by atoms with E-state index in [2.05, 4.69) is 71.0 Å². The second-order valence-corrected chi connectivity index (χ2v) is 15.8. The van der Waals surface area contributed by atoms with Gasteiger partial charge in [0.15, 0.2) is 0 Å². The largest absolute Gasteiger partial charge is 1.00 e. The van der Waals surface area contributed by atoms with Crippen LogP contribution in [0.2, 0.25) is 0 Å². The molecule has 1 fully saturated rings. The molecule has 1 aliphatic heterocycles. The van der Waals surface area contributed by atoms with E-state index in [1.54, 1.807) is 22.3 Å². The van der Waals surface area contributed by atoms with Crippen LogP contribution in [0.1, 0.15) is 58.8 Å².